The molecule has 70 valence electrons. The van der Waals surface area contributed by atoms with Gasteiger partial charge in [0.15, 0.2) is 0 Å². The van der Waals surface area contributed by atoms with E-state index in [4.69, 9.17) is 5.73 Å². The normalized spacial score (nSPS) is 11.1. The Morgan fingerprint density at radius 3 is 2.17 bits per heavy atom. The van der Waals surface area contributed by atoms with Gasteiger partial charge in [-0.05, 0) is 18.4 Å². The standard InChI is InChI=1S/C9H17N.C2H4/c1-3-5-7-9(8-10)6-4-2;1-2/h5-7H,3-4,8,10H2,1-2H3;1-2H2/b7-5-,9-6+;. The van der Waals surface area contributed by atoms with Crippen LogP contribution in [0.2, 0.25) is 0 Å². The summed E-state index contributed by atoms with van der Waals surface area (Å²) < 4.78 is 0. The number of rotatable bonds is 4. The van der Waals surface area contributed by atoms with Crippen molar-refractivity contribution >= 4 is 0 Å². The molecule has 0 fully saturated rings. The molecule has 0 aliphatic heterocycles. The summed E-state index contributed by atoms with van der Waals surface area (Å²) in [5, 5.41) is 0. The summed E-state index contributed by atoms with van der Waals surface area (Å²) >= 11 is 0. The summed E-state index contributed by atoms with van der Waals surface area (Å²) in [6, 6.07) is 0. The van der Waals surface area contributed by atoms with Gasteiger partial charge in [-0.2, -0.15) is 0 Å². The van der Waals surface area contributed by atoms with E-state index in [0.29, 0.717) is 6.54 Å². The molecule has 0 heterocycles. The van der Waals surface area contributed by atoms with Gasteiger partial charge in [0.05, 0.1) is 0 Å². The molecule has 0 unspecified atom stereocenters. The molecule has 0 aromatic rings. The van der Waals surface area contributed by atoms with Crippen LogP contribution in [0.3, 0.4) is 0 Å². The van der Waals surface area contributed by atoms with Crippen LogP contribution in [0.4, 0.5) is 0 Å². The fourth-order valence-electron chi connectivity index (χ4n) is 0.751. The molecule has 0 bridgehead atoms. The molecule has 0 amide bonds. The SMILES string of the molecule is C=C.CC/C=C\C(=C/CC)CN. The first-order valence-electron chi connectivity index (χ1n) is 4.40. The molecule has 0 aliphatic rings. The minimum Gasteiger partial charge on any atom is -0.327 e. The molecule has 0 aliphatic carbocycles. The lowest BCUT2D eigenvalue weighted by Gasteiger charge is -1.93. The minimum absolute atomic E-state index is 0.657. The van der Waals surface area contributed by atoms with E-state index in [-0.39, 0.29) is 0 Å². The first-order valence-corrected chi connectivity index (χ1v) is 4.40. The number of hydrogen-bond donors (Lipinski definition) is 1. The van der Waals surface area contributed by atoms with Gasteiger partial charge in [-0.25, -0.2) is 0 Å². The van der Waals surface area contributed by atoms with Gasteiger partial charge in [0.25, 0.3) is 0 Å². The van der Waals surface area contributed by atoms with Crippen molar-refractivity contribution in [2.24, 2.45) is 5.73 Å². The zero-order chi connectivity index (χ0) is 9.82. The Labute approximate surface area is 76.7 Å². The Hall–Kier alpha value is -0.820. The van der Waals surface area contributed by atoms with Crippen LogP contribution >= 0.6 is 0 Å². The molecule has 1 heteroatoms. The smallest absolute Gasteiger partial charge is 0.0174 e. The van der Waals surface area contributed by atoms with Crippen molar-refractivity contribution in [3.05, 3.63) is 37.0 Å². The minimum atomic E-state index is 0.657. The molecule has 0 rings (SSSR count). The van der Waals surface area contributed by atoms with E-state index < -0.39 is 0 Å². The van der Waals surface area contributed by atoms with Crippen molar-refractivity contribution < 1.29 is 0 Å². The first kappa shape index (κ1) is 13.7. The van der Waals surface area contributed by atoms with Crippen molar-refractivity contribution in [1.82, 2.24) is 0 Å². The van der Waals surface area contributed by atoms with Gasteiger partial charge in [-0.3, -0.25) is 0 Å². The zero-order valence-corrected chi connectivity index (χ0v) is 8.34. The van der Waals surface area contributed by atoms with Crippen molar-refractivity contribution in [3.8, 4) is 0 Å². The van der Waals surface area contributed by atoms with Crippen LogP contribution < -0.4 is 5.73 Å². The van der Waals surface area contributed by atoms with Gasteiger partial charge in [-0.1, -0.05) is 32.1 Å². The van der Waals surface area contributed by atoms with Crippen LogP contribution in [0.15, 0.2) is 37.0 Å². The second-order valence-electron chi connectivity index (χ2n) is 2.20. The highest BCUT2D eigenvalue weighted by Crippen LogP contribution is 1.96. The zero-order valence-electron chi connectivity index (χ0n) is 8.34. The fourth-order valence-corrected chi connectivity index (χ4v) is 0.751. The molecule has 0 saturated carbocycles. The van der Waals surface area contributed by atoms with E-state index in [9.17, 15) is 0 Å². The van der Waals surface area contributed by atoms with Crippen molar-refractivity contribution in [1.29, 1.82) is 0 Å². The largest absolute Gasteiger partial charge is 0.327 e. The first-order chi connectivity index (χ1) is 5.85. The molecule has 0 atom stereocenters. The Bertz CT molecular complexity index is 134. The maximum absolute atomic E-state index is 5.48. The van der Waals surface area contributed by atoms with Crippen molar-refractivity contribution in [2.45, 2.75) is 26.7 Å². The van der Waals surface area contributed by atoms with E-state index in [1.165, 1.54) is 5.57 Å². The highest BCUT2D eigenvalue weighted by molar-refractivity contribution is 5.19. The number of nitrogens with two attached hydrogens (primary N) is 1. The second kappa shape index (κ2) is 12.8. The third-order valence-corrected chi connectivity index (χ3v) is 1.27. The molecule has 0 saturated heterocycles. The summed E-state index contributed by atoms with van der Waals surface area (Å²) in [5.74, 6) is 0. The van der Waals surface area contributed by atoms with E-state index in [0.717, 1.165) is 12.8 Å². The van der Waals surface area contributed by atoms with Crippen LogP contribution in [0, 0.1) is 0 Å². The molecule has 0 aromatic heterocycles. The van der Waals surface area contributed by atoms with Crippen LogP contribution in [0.1, 0.15) is 26.7 Å². The third kappa shape index (κ3) is 9.18. The van der Waals surface area contributed by atoms with Gasteiger partial charge in [0.1, 0.15) is 0 Å². The summed E-state index contributed by atoms with van der Waals surface area (Å²) in [4.78, 5) is 0. The van der Waals surface area contributed by atoms with Gasteiger partial charge in [0.2, 0.25) is 0 Å². The molecule has 0 aromatic carbocycles. The van der Waals surface area contributed by atoms with Crippen LogP contribution in [0.5, 0.6) is 0 Å². The van der Waals surface area contributed by atoms with E-state index in [1.807, 2.05) is 0 Å². The maximum atomic E-state index is 5.48. The number of hydrogen-bond acceptors (Lipinski definition) is 1. The Kier molecular flexibility index (Phi) is 14.7. The second-order valence-corrected chi connectivity index (χ2v) is 2.20. The van der Waals surface area contributed by atoms with E-state index in [2.05, 4.69) is 45.2 Å². The molecule has 1 nitrogen and oxygen atoms in total. The molecule has 12 heavy (non-hydrogen) atoms. The van der Waals surface area contributed by atoms with Crippen molar-refractivity contribution in [3.63, 3.8) is 0 Å². The molecule has 2 N–H and O–H groups in total. The summed E-state index contributed by atoms with van der Waals surface area (Å²) in [6.07, 6.45) is 8.55. The predicted octanol–water partition coefficient (Wildman–Crippen LogP) is 3.05. The quantitative estimate of drug-likeness (QED) is 0.505. The van der Waals surface area contributed by atoms with E-state index >= 15 is 0 Å². The summed E-state index contributed by atoms with van der Waals surface area (Å²) in [5.41, 5.74) is 6.72. The highest BCUT2D eigenvalue weighted by atomic mass is 14.5. The third-order valence-electron chi connectivity index (χ3n) is 1.27. The highest BCUT2D eigenvalue weighted by Gasteiger charge is 1.83. The Morgan fingerprint density at radius 1 is 1.25 bits per heavy atom. The molecule has 0 spiro atoms. The van der Waals surface area contributed by atoms with Gasteiger partial charge in [-0.15, -0.1) is 13.2 Å². The molecular formula is C11H21N. The lowest BCUT2D eigenvalue weighted by molar-refractivity contribution is 1.12. The average Bonchev–Trinajstić information content (AvgIpc) is 2.15. The molecule has 0 radical (unpaired) electrons. The van der Waals surface area contributed by atoms with Gasteiger partial charge in [0, 0.05) is 6.54 Å². The summed E-state index contributed by atoms with van der Waals surface area (Å²) in [6.45, 7) is 10.9. The van der Waals surface area contributed by atoms with Crippen LogP contribution in [-0.2, 0) is 0 Å². The van der Waals surface area contributed by atoms with Gasteiger partial charge >= 0.3 is 0 Å². The Balaban J connectivity index is 0. The lowest BCUT2D eigenvalue weighted by Crippen LogP contribution is -2.00. The predicted molar refractivity (Wildman–Crippen MR) is 58.1 cm³/mol. The van der Waals surface area contributed by atoms with Crippen LogP contribution in [0.25, 0.3) is 0 Å². The van der Waals surface area contributed by atoms with Crippen molar-refractivity contribution in [2.75, 3.05) is 6.54 Å². The topological polar surface area (TPSA) is 26.0 Å². The Morgan fingerprint density at radius 2 is 1.83 bits per heavy atom. The van der Waals surface area contributed by atoms with Crippen LogP contribution in [-0.4, -0.2) is 6.54 Å². The van der Waals surface area contributed by atoms with E-state index in [1.54, 1.807) is 0 Å². The fraction of sp³-hybridized carbons (Fsp3) is 0.455. The summed E-state index contributed by atoms with van der Waals surface area (Å²) in [7, 11) is 0. The monoisotopic (exact) mass is 167 g/mol. The average molecular weight is 167 g/mol. The number of allylic oxidation sites excluding steroid dienone is 2. The maximum Gasteiger partial charge on any atom is 0.0174 e. The lowest BCUT2D eigenvalue weighted by atomic mass is 10.2. The van der Waals surface area contributed by atoms with Gasteiger partial charge < -0.3 is 5.73 Å². The molecular weight excluding hydrogens is 146 g/mol.